The van der Waals surface area contributed by atoms with Gasteiger partial charge in [-0.25, -0.2) is 0 Å². The van der Waals surface area contributed by atoms with E-state index in [9.17, 15) is 4.79 Å². The summed E-state index contributed by atoms with van der Waals surface area (Å²) in [6.45, 7) is 3.78. The van der Waals surface area contributed by atoms with Crippen LogP contribution in [0.25, 0.3) is 0 Å². The zero-order chi connectivity index (χ0) is 14.5. The number of carbonyl (C=O) groups is 1. The zero-order valence-electron chi connectivity index (χ0n) is 11.7. The molecule has 2 N–H and O–H groups in total. The van der Waals surface area contributed by atoms with E-state index in [0.29, 0.717) is 12.3 Å². The summed E-state index contributed by atoms with van der Waals surface area (Å²) >= 11 is 0. The zero-order valence-corrected chi connectivity index (χ0v) is 11.7. The Morgan fingerprint density at radius 3 is 2.62 bits per heavy atom. The molecule has 1 aliphatic rings. The van der Waals surface area contributed by atoms with Gasteiger partial charge in [-0.05, 0) is 24.3 Å². The number of furan rings is 2. The molecule has 1 amide bonds. The molecular formula is C15H19N2O4+. The van der Waals surface area contributed by atoms with Crippen molar-refractivity contribution in [1.82, 2.24) is 5.32 Å². The maximum atomic E-state index is 12.0. The largest absolute Gasteiger partial charge is 0.463 e. The summed E-state index contributed by atoms with van der Waals surface area (Å²) in [6, 6.07) is 7.26. The Kier molecular flexibility index (Phi) is 4.37. The first-order chi connectivity index (χ1) is 10.3. The number of morpholine rings is 1. The molecule has 0 bridgehead atoms. The van der Waals surface area contributed by atoms with Gasteiger partial charge in [-0.2, -0.15) is 0 Å². The third-order valence-corrected chi connectivity index (χ3v) is 3.73. The van der Waals surface area contributed by atoms with Crippen LogP contribution in [0.15, 0.2) is 45.6 Å². The lowest BCUT2D eigenvalue weighted by Crippen LogP contribution is -3.15. The van der Waals surface area contributed by atoms with Gasteiger partial charge in [-0.1, -0.05) is 0 Å². The monoisotopic (exact) mass is 291 g/mol. The highest BCUT2D eigenvalue weighted by Crippen LogP contribution is 2.10. The highest BCUT2D eigenvalue weighted by molar-refractivity contribution is 5.91. The molecule has 0 spiro atoms. The Labute approximate surface area is 122 Å². The van der Waals surface area contributed by atoms with Crippen LogP contribution < -0.4 is 10.2 Å². The van der Waals surface area contributed by atoms with E-state index in [4.69, 9.17) is 13.6 Å². The first-order valence-electron chi connectivity index (χ1n) is 7.12. The maximum Gasteiger partial charge on any atom is 0.287 e. The number of nitrogens with one attached hydrogen (secondary N) is 2. The van der Waals surface area contributed by atoms with Crippen molar-refractivity contribution >= 4 is 5.91 Å². The molecule has 1 fully saturated rings. The molecule has 21 heavy (non-hydrogen) atoms. The number of hydrogen-bond acceptors (Lipinski definition) is 4. The minimum Gasteiger partial charge on any atom is -0.463 e. The van der Waals surface area contributed by atoms with Crippen LogP contribution in [-0.2, 0) is 4.74 Å². The number of rotatable bonds is 5. The van der Waals surface area contributed by atoms with Crippen LogP contribution in [0, 0.1) is 0 Å². The molecule has 112 valence electrons. The second-order valence-corrected chi connectivity index (χ2v) is 5.03. The molecule has 3 rings (SSSR count). The van der Waals surface area contributed by atoms with Gasteiger partial charge >= 0.3 is 0 Å². The van der Waals surface area contributed by atoms with E-state index in [1.165, 1.54) is 11.2 Å². The Bertz CT molecular complexity index is 544. The summed E-state index contributed by atoms with van der Waals surface area (Å²) in [4.78, 5) is 13.4. The number of quaternary nitrogens is 1. The average Bonchev–Trinajstić information content (AvgIpc) is 3.22. The summed E-state index contributed by atoms with van der Waals surface area (Å²) in [5.74, 6) is 1.00. The topological polar surface area (TPSA) is 69.0 Å². The standard InChI is InChI=1S/C15H18N2O4/c18-15(14-4-2-8-21-14)16-11-12(13-3-1-7-20-13)17-5-9-19-10-6-17/h1-4,7-8,12H,5-6,9-11H2,(H,16,18)/p+1/t12-/m1/s1. The van der Waals surface area contributed by atoms with E-state index in [1.54, 1.807) is 18.4 Å². The summed E-state index contributed by atoms with van der Waals surface area (Å²) in [5.41, 5.74) is 0. The third-order valence-electron chi connectivity index (χ3n) is 3.73. The SMILES string of the molecule is O=C(NC[C@H](c1ccco1)[NH+]1CCOCC1)c1ccco1. The fourth-order valence-electron chi connectivity index (χ4n) is 2.61. The molecule has 0 saturated carbocycles. The van der Waals surface area contributed by atoms with Gasteiger partial charge in [0, 0.05) is 0 Å². The molecule has 2 aromatic heterocycles. The van der Waals surface area contributed by atoms with E-state index in [1.807, 2.05) is 12.1 Å². The van der Waals surface area contributed by atoms with Crippen LogP contribution in [0.1, 0.15) is 22.4 Å². The fourth-order valence-corrected chi connectivity index (χ4v) is 2.61. The van der Waals surface area contributed by atoms with Gasteiger partial charge in [0.25, 0.3) is 5.91 Å². The lowest BCUT2D eigenvalue weighted by atomic mass is 10.1. The summed E-state index contributed by atoms with van der Waals surface area (Å²) in [7, 11) is 0. The quantitative estimate of drug-likeness (QED) is 0.829. The maximum absolute atomic E-state index is 12.0. The molecule has 1 saturated heterocycles. The molecule has 6 nitrogen and oxygen atoms in total. The highest BCUT2D eigenvalue weighted by Gasteiger charge is 2.29. The van der Waals surface area contributed by atoms with Crippen molar-refractivity contribution in [3.05, 3.63) is 48.3 Å². The molecule has 0 radical (unpaired) electrons. The predicted octanol–water partition coefficient (Wildman–Crippen LogP) is 0.259. The van der Waals surface area contributed by atoms with Gasteiger partial charge < -0.3 is 23.8 Å². The van der Waals surface area contributed by atoms with Crippen LogP contribution in [0.3, 0.4) is 0 Å². The second-order valence-electron chi connectivity index (χ2n) is 5.03. The van der Waals surface area contributed by atoms with Crippen LogP contribution in [0.2, 0.25) is 0 Å². The first-order valence-corrected chi connectivity index (χ1v) is 7.12. The van der Waals surface area contributed by atoms with E-state index in [2.05, 4.69) is 5.32 Å². The second kappa shape index (κ2) is 6.60. The van der Waals surface area contributed by atoms with Crippen LogP contribution >= 0.6 is 0 Å². The Balaban J connectivity index is 1.66. The minimum atomic E-state index is -0.204. The van der Waals surface area contributed by atoms with Gasteiger partial charge in [-0.3, -0.25) is 4.79 Å². The lowest BCUT2D eigenvalue weighted by Gasteiger charge is -2.30. The van der Waals surface area contributed by atoms with Crippen molar-refractivity contribution in [1.29, 1.82) is 0 Å². The van der Waals surface area contributed by atoms with Gasteiger partial charge in [0.2, 0.25) is 0 Å². The van der Waals surface area contributed by atoms with E-state index in [-0.39, 0.29) is 11.9 Å². The van der Waals surface area contributed by atoms with Gasteiger partial charge in [0.1, 0.15) is 13.1 Å². The Morgan fingerprint density at radius 1 is 1.19 bits per heavy atom. The van der Waals surface area contributed by atoms with Gasteiger partial charge in [-0.15, -0.1) is 0 Å². The summed E-state index contributed by atoms with van der Waals surface area (Å²) < 4.78 is 16.0. The van der Waals surface area contributed by atoms with Crippen molar-refractivity contribution in [3.8, 4) is 0 Å². The van der Waals surface area contributed by atoms with Crippen molar-refractivity contribution < 1.29 is 23.3 Å². The van der Waals surface area contributed by atoms with Crippen molar-refractivity contribution in [2.24, 2.45) is 0 Å². The normalized spacial score (nSPS) is 17.5. The molecule has 1 aliphatic heterocycles. The van der Waals surface area contributed by atoms with Gasteiger partial charge in [0.15, 0.2) is 17.6 Å². The molecule has 6 heteroatoms. The molecule has 3 heterocycles. The third kappa shape index (κ3) is 3.34. The fraction of sp³-hybridized carbons (Fsp3) is 0.400. The molecule has 0 aliphatic carbocycles. The summed E-state index contributed by atoms with van der Waals surface area (Å²) in [6.07, 6.45) is 3.16. The Morgan fingerprint density at radius 2 is 1.95 bits per heavy atom. The van der Waals surface area contributed by atoms with E-state index >= 15 is 0 Å². The van der Waals surface area contributed by atoms with Crippen LogP contribution in [0.5, 0.6) is 0 Å². The molecular weight excluding hydrogens is 272 g/mol. The molecule has 0 unspecified atom stereocenters. The van der Waals surface area contributed by atoms with Gasteiger partial charge in [0.05, 0.1) is 32.3 Å². The van der Waals surface area contributed by atoms with Crippen LogP contribution in [-0.4, -0.2) is 38.8 Å². The number of amides is 1. The van der Waals surface area contributed by atoms with E-state index < -0.39 is 0 Å². The smallest absolute Gasteiger partial charge is 0.287 e. The predicted molar refractivity (Wildman–Crippen MR) is 74.0 cm³/mol. The van der Waals surface area contributed by atoms with Crippen molar-refractivity contribution in [2.75, 3.05) is 32.8 Å². The number of hydrogen-bond donors (Lipinski definition) is 2. The number of carbonyl (C=O) groups excluding carboxylic acids is 1. The highest BCUT2D eigenvalue weighted by atomic mass is 16.5. The average molecular weight is 291 g/mol. The molecule has 2 aromatic rings. The number of ether oxygens (including phenoxy) is 1. The van der Waals surface area contributed by atoms with Crippen molar-refractivity contribution in [2.45, 2.75) is 6.04 Å². The van der Waals surface area contributed by atoms with E-state index in [0.717, 1.165) is 32.1 Å². The van der Waals surface area contributed by atoms with Crippen LogP contribution in [0.4, 0.5) is 0 Å². The molecule has 0 aromatic carbocycles. The first kappa shape index (κ1) is 13.9. The minimum absolute atomic E-state index is 0.0859. The van der Waals surface area contributed by atoms with Crippen molar-refractivity contribution in [3.63, 3.8) is 0 Å². The Hall–Kier alpha value is -2.05. The summed E-state index contributed by atoms with van der Waals surface area (Å²) in [5, 5.41) is 2.92. The molecule has 1 atom stereocenters. The lowest BCUT2D eigenvalue weighted by molar-refractivity contribution is -0.938.